The topological polar surface area (TPSA) is 102 Å². The van der Waals surface area contributed by atoms with Crippen molar-refractivity contribution in [1.29, 1.82) is 0 Å². The Balaban J connectivity index is 1.69. The first-order valence-corrected chi connectivity index (χ1v) is 11.1. The van der Waals surface area contributed by atoms with Crippen LogP contribution in [0, 0.1) is 12.8 Å². The number of rotatable bonds is 6. The van der Waals surface area contributed by atoms with Crippen LogP contribution in [0.1, 0.15) is 40.4 Å². The van der Waals surface area contributed by atoms with Crippen molar-refractivity contribution in [2.75, 3.05) is 17.3 Å². The molecular formula is C27H27N3O4. The third kappa shape index (κ3) is 4.78. The Hall–Kier alpha value is -4.13. The van der Waals surface area contributed by atoms with E-state index >= 15 is 0 Å². The van der Waals surface area contributed by atoms with Crippen LogP contribution >= 0.6 is 0 Å². The van der Waals surface area contributed by atoms with Crippen molar-refractivity contribution in [3.05, 3.63) is 89.5 Å². The normalized spacial score (nSPS) is 17.8. The van der Waals surface area contributed by atoms with Crippen LogP contribution in [0.25, 0.3) is 0 Å². The molecule has 0 unspecified atom stereocenters. The molecule has 0 aromatic heterocycles. The number of methoxy groups -OCH3 is 1. The Morgan fingerprint density at radius 1 is 0.971 bits per heavy atom. The van der Waals surface area contributed by atoms with Crippen LogP contribution in [-0.4, -0.2) is 24.8 Å². The zero-order chi connectivity index (χ0) is 24.2. The van der Waals surface area contributed by atoms with Gasteiger partial charge < -0.3 is 20.7 Å². The van der Waals surface area contributed by atoms with Crippen LogP contribution in [0.5, 0.6) is 5.75 Å². The van der Waals surface area contributed by atoms with Crippen molar-refractivity contribution in [2.45, 2.75) is 25.8 Å². The molecule has 0 spiro atoms. The van der Waals surface area contributed by atoms with E-state index in [0.717, 1.165) is 16.8 Å². The Labute approximate surface area is 198 Å². The lowest BCUT2D eigenvalue weighted by Crippen LogP contribution is -2.47. The molecule has 7 nitrogen and oxygen atoms in total. The third-order valence-electron chi connectivity index (χ3n) is 6.14. The van der Waals surface area contributed by atoms with Gasteiger partial charge in [0.2, 0.25) is 17.7 Å². The average Bonchev–Trinajstić information content (AvgIpc) is 2.85. The summed E-state index contributed by atoms with van der Waals surface area (Å²) < 4.78 is 5.29. The summed E-state index contributed by atoms with van der Waals surface area (Å²) in [4.78, 5) is 39.7. The highest BCUT2D eigenvalue weighted by Gasteiger charge is 2.41. The number of benzene rings is 3. The summed E-state index contributed by atoms with van der Waals surface area (Å²) in [5.41, 5.74) is 8.91. The number of primary amides is 1. The average molecular weight is 458 g/mol. The van der Waals surface area contributed by atoms with Gasteiger partial charge in [0.15, 0.2) is 0 Å². The lowest BCUT2D eigenvalue weighted by molar-refractivity contribution is -0.125. The molecule has 2 atom stereocenters. The van der Waals surface area contributed by atoms with Gasteiger partial charge in [0.05, 0.1) is 19.1 Å². The lowest BCUT2D eigenvalue weighted by Gasteiger charge is -2.41. The maximum absolute atomic E-state index is 13.5. The van der Waals surface area contributed by atoms with Crippen molar-refractivity contribution < 1.29 is 19.1 Å². The van der Waals surface area contributed by atoms with E-state index in [1.165, 1.54) is 0 Å². The number of nitrogens with two attached hydrogens (primary N) is 1. The van der Waals surface area contributed by atoms with Gasteiger partial charge in [-0.15, -0.1) is 0 Å². The minimum atomic E-state index is -0.531. The van der Waals surface area contributed by atoms with Gasteiger partial charge in [-0.1, -0.05) is 29.8 Å². The molecule has 0 radical (unpaired) electrons. The fourth-order valence-corrected chi connectivity index (χ4v) is 4.31. The van der Waals surface area contributed by atoms with Crippen molar-refractivity contribution in [3.8, 4) is 5.75 Å². The number of aryl methyl sites for hydroxylation is 1. The molecule has 4 rings (SSSR count). The molecule has 1 saturated heterocycles. The molecule has 3 aromatic rings. The van der Waals surface area contributed by atoms with Crippen LogP contribution in [0.2, 0.25) is 0 Å². The lowest BCUT2D eigenvalue weighted by atomic mass is 9.83. The van der Waals surface area contributed by atoms with Crippen LogP contribution in [0.3, 0.4) is 0 Å². The van der Waals surface area contributed by atoms with Crippen LogP contribution in [-0.2, 0) is 9.59 Å². The second-order valence-corrected chi connectivity index (χ2v) is 8.39. The Bertz CT molecular complexity index is 1190. The molecule has 3 N–H and O–H groups in total. The van der Waals surface area contributed by atoms with Crippen molar-refractivity contribution >= 4 is 29.1 Å². The predicted molar refractivity (Wildman–Crippen MR) is 131 cm³/mol. The monoisotopic (exact) mass is 457 g/mol. The number of nitrogens with one attached hydrogen (secondary N) is 1. The number of hydrogen-bond acceptors (Lipinski definition) is 4. The molecule has 174 valence electrons. The Kier molecular flexibility index (Phi) is 6.63. The summed E-state index contributed by atoms with van der Waals surface area (Å²) in [6.07, 6.45) is 0.683. The van der Waals surface area contributed by atoms with Crippen LogP contribution < -0.4 is 20.7 Å². The Morgan fingerprint density at radius 2 is 1.62 bits per heavy atom. The quantitative estimate of drug-likeness (QED) is 0.578. The maximum atomic E-state index is 13.5. The summed E-state index contributed by atoms with van der Waals surface area (Å²) in [6.45, 7) is 1.99. The molecule has 0 saturated carbocycles. The van der Waals surface area contributed by atoms with E-state index in [1.54, 1.807) is 36.3 Å². The highest BCUT2D eigenvalue weighted by molar-refractivity contribution is 6.00. The minimum absolute atomic E-state index is 0.0282. The first kappa shape index (κ1) is 23.0. The van der Waals surface area contributed by atoms with Crippen molar-refractivity contribution in [2.24, 2.45) is 11.7 Å². The second-order valence-electron chi connectivity index (χ2n) is 8.39. The highest BCUT2D eigenvalue weighted by Crippen LogP contribution is 2.41. The van der Waals surface area contributed by atoms with E-state index in [2.05, 4.69) is 5.32 Å². The van der Waals surface area contributed by atoms with Gasteiger partial charge in [0.25, 0.3) is 0 Å². The molecule has 1 aliphatic heterocycles. The van der Waals surface area contributed by atoms with E-state index in [1.807, 2.05) is 55.5 Å². The first-order valence-electron chi connectivity index (χ1n) is 11.1. The summed E-state index contributed by atoms with van der Waals surface area (Å²) >= 11 is 0. The van der Waals surface area contributed by atoms with E-state index < -0.39 is 17.9 Å². The zero-order valence-electron chi connectivity index (χ0n) is 19.2. The van der Waals surface area contributed by atoms with Crippen molar-refractivity contribution in [3.63, 3.8) is 0 Å². The highest BCUT2D eigenvalue weighted by atomic mass is 16.5. The molecule has 3 aromatic carbocycles. The minimum Gasteiger partial charge on any atom is -0.497 e. The predicted octanol–water partition coefficient (Wildman–Crippen LogP) is 4.23. The van der Waals surface area contributed by atoms with Gasteiger partial charge in [0, 0.05) is 23.4 Å². The molecular weight excluding hydrogens is 430 g/mol. The molecule has 1 heterocycles. The van der Waals surface area contributed by atoms with Gasteiger partial charge in [-0.05, 0) is 67.4 Å². The number of carbonyl (C=O) groups excluding carboxylic acids is 3. The molecule has 7 heteroatoms. The van der Waals surface area contributed by atoms with Crippen molar-refractivity contribution in [1.82, 2.24) is 0 Å². The number of ether oxygens (including phenoxy) is 1. The molecule has 34 heavy (non-hydrogen) atoms. The largest absolute Gasteiger partial charge is 0.497 e. The van der Waals surface area contributed by atoms with Gasteiger partial charge >= 0.3 is 0 Å². The van der Waals surface area contributed by atoms with Gasteiger partial charge in [-0.2, -0.15) is 0 Å². The van der Waals surface area contributed by atoms with E-state index in [9.17, 15) is 14.4 Å². The number of anilines is 2. The molecule has 0 bridgehead atoms. The number of amides is 3. The van der Waals surface area contributed by atoms with Crippen LogP contribution in [0.4, 0.5) is 11.4 Å². The number of nitrogens with zero attached hydrogens (tertiary/aromatic N) is 1. The number of piperidine rings is 1. The van der Waals surface area contributed by atoms with Crippen LogP contribution in [0.15, 0.2) is 72.8 Å². The molecule has 0 aliphatic carbocycles. The van der Waals surface area contributed by atoms with Gasteiger partial charge in [-0.3, -0.25) is 14.4 Å². The fourth-order valence-electron chi connectivity index (χ4n) is 4.31. The smallest absolute Gasteiger partial charge is 0.248 e. The maximum Gasteiger partial charge on any atom is 0.248 e. The number of carbonyl (C=O) groups is 3. The molecule has 1 fully saturated rings. The first-order chi connectivity index (χ1) is 16.4. The zero-order valence-corrected chi connectivity index (χ0v) is 19.2. The van der Waals surface area contributed by atoms with Gasteiger partial charge in [0.1, 0.15) is 5.75 Å². The standard InChI is InChI=1S/C27H27N3O4/c1-17-3-11-21(12-4-17)30-24(31)16-15-23(25(30)18-7-13-22(34-2)14-8-18)27(33)29-20-9-5-19(6-10-20)26(28)32/h3-14,23,25H,15-16H2,1-2H3,(H2,28,32)(H,29,33)/t23-,25+/m1/s1. The summed E-state index contributed by atoms with van der Waals surface area (Å²) in [6, 6.07) is 21.1. The fraction of sp³-hybridized carbons (Fsp3) is 0.222. The van der Waals surface area contributed by atoms with E-state index in [-0.39, 0.29) is 18.2 Å². The third-order valence-corrected chi connectivity index (χ3v) is 6.14. The van der Waals surface area contributed by atoms with E-state index in [0.29, 0.717) is 23.4 Å². The summed E-state index contributed by atoms with van der Waals surface area (Å²) in [7, 11) is 1.59. The van der Waals surface area contributed by atoms with Gasteiger partial charge in [-0.25, -0.2) is 0 Å². The summed E-state index contributed by atoms with van der Waals surface area (Å²) in [5.74, 6) is -0.541. The molecule has 1 aliphatic rings. The number of hydrogen-bond donors (Lipinski definition) is 2. The second kappa shape index (κ2) is 9.79. The summed E-state index contributed by atoms with van der Waals surface area (Å²) in [5, 5.41) is 2.94. The Morgan fingerprint density at radius 3 is 2.21 bits per heavy atom. The SMILES string of the molecule is COc1ccc([C@H]2[C@H](C(=O)Nc3ccc(C(N)=O)cc3)CCC(=O)N2c2ccc(C)cc2)cc1. The van der Waals surface area contributed by atoms with E-state index in [4.69, 9.17) is 10.5 Å². The molecule has 3 amide bonds.